The lowest BCUT2D eigenvalue weighted by Gasteiger charge is -2.29. The van der Waals surface area contributed by atoms with E-state index in [1.807, 2.05) is 12.1 Å². The molecule has 2 aliphatic heterocycles. The van der Waals surface area contributed by atoms with Crippen molar-refractivity contribution in [2.45, 2.75) is 76.7 Å². The van der Waals surface area contributed by atoms with Crippen LogP contribution in [0.5, 0.6) is 0 Å². The summed E-state index contributed by atoms with van der Waals surface area (Å²) in [5.41, 5.74) is 1.51. The van der Waals surface area contributed by atoms with Gasteiger partial charge in [-0.05, 0) is 49.3 Å². The number of benzene rings is 1. The van der Waals surface area contributed by atoms with E-state index in [2.05, 4.69) is 15.5 Å². The summed E-state index contributed by atoms with van der Waals surface area (Å²) >= 11 is 0. The number of nitrogens with zero attached hydrogens (tertiary/aromatic N) is 4. The van der Waals surface area contributed by atoms with Crippen LogP contribution >= 0.6 is 0 Å². The number of likely N-dealkylation sites (tertiary alicyclic amines) is 1. The van der Waals surface area contributed by atoms with Crippen molar-refractivity contribution in [2.75, 3.05) is 77.3 Å². The van der Waals surface area contributed by atoms with Crippen LogP contribution in [0.15, 0.2) is 24.3 Å². The molecule has 288 valence electrons. The molecule has 0 spiro atoms. The number of imide groups is 1. The zero-order valence-corrected chi connectivity index (χ0v) is 30.2. The number of carbonyl (C=O) groups excluding carboxylic acids is 3. The maximum atomic E-state index is 13.1. The molecule has 1 saturated carbocycles. The van der Waals surface area contributed by atoms with Gasteiger partial charge in [0.25, 0.3) is 0 Å². The number of hydrogen-bond donors (Lipinski definition) is 5. The van der Waals surface area contributed by atoms with Crippen LogP contribution in [0.25, 0.3) is 0 Å². The Morgan fingerprint density at radius 1 is 0.750 bits per heavy atom. The van der Waals surface area contributed by atoms with Crippen LogP contribution in [-0.2, 0) is 35.2 Å². The number of rotatable bonds is 17. The second-order valence-electron chi connectivity index (χ2n) is 14.5. The van der Waals surface area contributed by atoms with Crippen molar-refractivity contribution >= 4 is 41.3 Å². The quantitative estimate of drug-likeness (QED) is 0.146. The van der Waals surface area contributed by atoms with Gasteiger partial charge in [0.1, 0.15) is 0 Å². The monoisotopic (exact) mass is 728 g/mol. The molecule has 1 aliphatic carbocycles. The lowest BCUT2D eigenvalue weighted by atomic mass is 9.81. The lowest BCUT2D eigenvalue weighted by Crippen LogP contribution is -2.47. The van der Waals surface area contributed by atoms with Crippen LogP contribution in [0.3, 0.4) is 0 Å². The standard InChI is InChI=1S/C37H56N6O9/c44-32(9-6-14-43-33(45)22-31(37(43)52)28-7-4-2-1-3-5-8-28)39-29-12-10-27(11-13-29)21-30(38-23-34(46)47)24-40-15-17-41(25-35(48)49)19-20-42(18-16-40)26-36(50)51/h10-13,28,30-31,38H,1-9,14-26H2,(H,39,44)(H,46,47)(H,48,49)(H,50,51). The molecule has 15 nitrogen and oxygen atoms in total. The molecule has 3 fully saturated rings. The zero-order valence-electron chi connectivity index (χ0n) is 30.2. The molecular weight excluding hydrogens is 672 g/mol. The summed E-state index contributed by atoms with van der Waals surface area (Å²) in [6.45, 7) is 2.99. The van der Waals surface area contributed by atoms with Crippen molar-refractivity contribution in [3.63, 3.8) is 0 Å². The summed E-state index contributed by atoms with van der Waals surface area (Å²) in [5.74, 6) is -3.30. The molecule has 0 aromatic heterocycles. The molecule has 0 bridgehead atoms. The normalized spacial score (nSPS) is 21.1. The first-order chi connectivity index (χ1) is 25.0. The average Bonchev–Trinajstić information content (AvgIpc) is 3.39. The second kappa shape index (κ2) is 20.9. The molecule has 4 rings (SSSR count). The number of carboxylic acids is 3. The molecular formula is C37H56N6O9. The van der Waals surface area contributed by atoms with Gasteiger partial charge in [0.15, 0.2) is 0 Å². The summed E-state index contributed by atoms with van der Waals surface area (Å²) in [4.78, 5) is 79.9. The Bertz CT molecular complexity index is 1340. The van der Waals surface area contributed by atoms with Crippen molar-refractivity contribution in [2.24, 2.45) is 11.8 Å². The minimum Gasteiger partial charge on any atom is -0.480 e. The first kappa shape index (κ1) is 40.8. The van der Waals surface area contributed by atoms with Gasteiger partial charge >= 0.3 is 17.9 Å². The third kappa shape index (κ3) is 13.9. The largest absolute Gasteiger partial charge is 0.480 e. The van der Waals surface area contributed by atoms with E-state index in [4.69, 9.17) is 0 Å². The summed E-state index contributed by atoms with van der Waals surface area (Å²) < 4.78 is 0. The van der Waals surface area contributed by atoms with E-state index < -0.39 is 17.9 Å². The van der Waals surface area contributed by atoms with E-state index in [-0.39, 0.29) is 74.6 Å². The number of carboxylic acid groups (broad SMARTS) is 3. The highest BCUT2D eigenvalue weighted by atomic mass is 16.4. The predicted molar refractivity (Wildman–Crippen MR) is 193 cm³/mol. The zero-order chi connectivity index (χ0) is 37.5. The smallest absolute Gasteiger partial charge is 0.317 e. The first-order valence-electron chi connectivity index (χ1n) is 18.8. The van der Waals surface area contributed by atoms with Gasteiger partial charge in [-0.2, -0.15) is 0 Å². The first-order valence-corrected chi connectivity index (χ1v) is 18.8. The summed E-state index contributed by atoms with van der Waals surface area (Å²) in [6.07, 6.45) is 9.14. The van der Waals surface area contributed by atoms with Crippen molar-refractivity contribution < 1.29 is 44.1 Å². The highest BCUT2D eigenvalue weighted by Gasteiger charge is 2.42. The van der Waals surface area contributed by atoms with Crippen molar-refractivity contribution in [3.05, 3.63) is 29.8 Å². The Labute approximate surface area is 305 Å². The minimum atomic E-state index is -0.999. The third-order valence-corrected chi connectivity index (χ3v) is 10.4. The number of nitrogens with one attached hydrogen (secondary N) is 2. The summed E-state index contributed by atoms with van der Waals surface area (Å²) in [7, 11) is 0. The van der Waals surface area contributed by atoms with Crippen LogP contribution in [0.1, 0.15) is 69.8 Å². The van der Waals surface area contributed by atoms with Gasteiger partial charge in [-0.25, -0.2) is 0 Å². The Kier molecular flexibility index (Phi) is 16.5. The molecule has 52 heavy (non-hydrogen) atoms. The summed E-state index contributed by atoms with van der Waals surface area (Å²) in [6, 6.07) is 7.01. The van der Waals surface area contributed by atoms with Gasteiger partial charge in [-0.3, -0.25) is 48.4 Å². The van der Waals surface area contributed by atoms with Gasteiger partial charge < -0.3 is 26.0 Å². The Balaban J connectivity index is 1.28. The molecule has 0 radical (unpaired) electrons. The van der Waals surface area contributed by atoms with E-state index in [0.717, 1.165) is 31.2 Å². The molecule has 2 atom stereocenters. The van der Waals surface area contributed by atoms with Gasteiger partial charge in [0, 0.05) is 76.9 Å². The maximum absolute atomic E-state index is 13.1. The minimum absolute atomic E-state index is 0.0788. The lowest BCUT2D eigenvalue weighted by molar-refractivity contribution is -0.141. The van der Waals surface area contributed by atoms with E-state index in [0.29, 0.717) is 64.3 Å². The number of anilines is 1. The molecule has 2 unspecified atom stereocenters. The highest BCUT2D eigenvalue weighted by Crippen LogP contribution is 2.35. The average molecular weight is 729 g/mol. The number of carbonyl (C=O) groups is 6. The van der Waals surface area contributed by atoms with Gasteiger partial charge in [0.2, 0.25) is 17.7 Å². The molecule has 15 heteroatoms. The highest BCUT2D eigenvalue weighted by molar-refractivity contribution is 6.03. The van der Waals surface area contributed by atoms with Gasteiger partial charge in [0.05, 0.1) is 25.6 Å². The topological polar surface area (TPSA) is 200 Å². The molecule has 2 saturated heterocycles. The molecule has 5 N–H and O–H groups in total. The number of aliphatic carboxylic acids is 3. The Hall–Kier alpha value is -3.92. The second-order valence-corrected chi connectivity index (χ2v) is 14.5. The number of amides is 3. The fraction of sp³-hybridized carbons (Fsp3) is 0.676. The fourth-order valence-corrected chi connectivity index (χ4v) is 7.64. The van der Waals surface area contributed by atoms with Crippen molar-refractivity contribution in [1.82, 2.24) is 24.9 Å². The maximum Gasteiger partial charge on any atom is 0.317 e. The van der Waals surface area contributed by atoms with E-state index >= 15 is 0 Å². The molecule has 2 heterocycles. The van der Waals surface area contributed by atoms with E-state index in [1.165, 1.54) is 24.2 Å². The van der Waals surface area contributed by atoms with E-state index in [9.17, 15) is 44.1 Å². The fourth-order valence-electron chi connectivity index (χ4n) is 7.64. The van der Waals surface area contributed by atoms with E-state index in [1.54, 1.807) is 21.9 Å². The van der Waals surface area contributed by atoms with Crippen molar-refractivity contribution in [1.29, 1.82) is 0 Å². The van der Waals surface area contributed by atoms with Crippen LogP contribution in [0, 0.1) is 11.8 Å². The van der Waals surface area contributed by atoms with Crippen LogP contribution < -0.4 is 10.6 Å². The van der Waals surface area contributed by atoms with Gasteiger partial charge in [-0.15, -0.1) is 0 Å². The van der Waals surface area contributed by atoms with Crippen molar-refractivity contribution in [3.8, 4) is 0 Å². The van der Waals surface area contributed by atoms with Crippen LogP contribution in [-0.4, -0.2) is 149 Å². The third-order valence-electron chi connectivity index (χ3n) is 10.4. The Morgan fingerprint density at radius 2 is 1.31 bits per heavy atom. The van der Waals surface area contributed by atoms with Crippen LogP contribution in [0.4, 0.5) is 5.69 Å². The van der Waals surface area contributed by atoms with Crippen LogP contribution in [0.2, 0.25) is 0 Å². The predicted octanol–water partition coefficient (Wildman–Crippen LogP) is 1.82. The molecule has 1 aromatic rings. The Morgan fingerprint density at radius 3 is 1.87 bits per heavy atom. The molecule has 1 aromatic carbocycles. The van der Waals surface area contributed by atoms with Gasteiger partial charge in [-0.1, -0.05) is 44.2 Å². The SMILES string of the molecule is O=C(O)CNC(Cc1ccc(NC(=O)CCCN2C(=O)CC(C3CCCCCCC3)C2=O)cc1)CN1CCN(CC(=O)O)CCN(CC(=O)O)CC1. The molecule has 3 aliphatic rings. The number of hydrogen-bond acceptors (Lipinski definition) is 10. The summed E-state index contributed by atoms with van der Waals surface area (Å²) in [5, 5.41) is 34.1. The molecule has 3 amide bonds.